The number of nitrogens with one attached hydrogen (secondary N) is 1. The molecule has 22 heavy (non-hydrogen) atoms. The van der Waals surface area contributed by atoms with Crippen molar-refractivity contribution in [3.63, 3.8) is 0 Å². The summed E-state index contributed by atoms with van der Waals surface area (Å²) in [6.45, 7) is 1.81. The van der Waals surface area contributed by atoms with E-state index in [1.54, 1.807) is 24.4 Å². The van der Waals surface area contributed by atoms with Crippen molar-refractivity contribution >= 4 is 28.2 Å². The van der Waals surface area contributed by atoms with Gasteiger partial charge in [-0.2, -0.15) is 0 Å². The van der Waals surface area contributed by atoms with Gasteiger partial charge in [-0.05, 0) is 55.0 Å². The van der Waals surface area contributed by atoms with E-state index in [2.05, 4.69) is 10.3 Å². The zero-order valence-corrected chi connectivity index (χ0v) is 11.8. The van der Waals surface area contributed by atoms with Crippen molar-refractivity contribution in [2.45, 2.75) is 6.92 Å². The van der Waals surface area contributed by atoms with Crippen LogP contribution in [0.5, 0.6) is 0 Å². The largest absolute Gasteiger partial charge is 0.478 e. The predicted octanol–water partition coefficient (Wildman–Crippen LogP) is 4.12. The lowest BCUT2D eigenvalue weighted by Gasteiger charge is -2.11. The van der Waals surface area contributed by atoms with Crippen LogP contribution in [0, 0.1) is 12.7 Å². The Hall–Kier alpha value is -2.95. The fourth-order valence-corrected chi connectivity index (χ4v) is 2.35. The molecule has 1 aromatic heterocycles. The average Bonchev–Trinajstić information content (AvgIpc) is 2.48. The number of fused-ring (bicyclic) bond motifs is 1. The first-order chi connectivity index (χ1) is 10.5. The molecule has 0 amide bonds. The normalized spacial score (nSPS) is 10.6. The number of benzene rings is 2. The van der Waals surface area contributed by atoms with Gasteiger partial charge in [-0.25, -0.2) is 9.18 Å². The van der Waals surface area contributed by atoms with Gasteiger partial charge in [-0.1, -0.05) is 0 Å². The van der Waals surface area contributed by atoms with Crippen LogP contribution in [0.25, 0.3) is 10.9 Å². The summed E-state index contributed by atoms with van der Waals surface area (Å²) in [6, 6.07) is 11.0. The van der Waals surface area contributed by atoms with E-state index in [1.165, 1.54) is 24.3 Å². The highest BCUT2D eigenvalue weighted by atomic mass is 19.1. The predicted molar refractivity (Wildman–Crippen MR) is 83.1 cm³/mol. The maximum atomic E-state index is 13.6. The fraction of sp³-hybridized carbons (Fsp3) is 0.0588. The van der Waals surface area contributed by atoms with Crippen LogP contribution < -0.4 is 5.32 Å². The summed E-state index contributed by atoms with van der Waals surface area (Å²) in [5.74, 6) is -1.29. The summed E-state index contributed by atoms with van der Waals surface area (Å²) in [6.07, 6.45) is 1.65. The first kappa shape index (κ1) is 14.0. The van der Waals surface area contributed by atoms with Gasteiger partial charge in [0.05, 0.1) is 11.1 Å². The third-order valence-corrected chi connectivity index (χ3v) is 3.41. The molecular formula is C17H13FN2O2. The molecular weight excluding hydrogens is 283 g/mol. The molecule has 0 aliphatic carbocycles. The highest BCUT2D eigenvalue weighted by molar-refractivity contribution is 5.95. The quantitative estimate of drug-likeness (QED) is 0.763. The number of halogens is 1. The molecule has 0 saturated carbocycles. The minimum absolute atomic E-state index is 0.215. The van der Waals surface area contributed by atoms with E-state index >= 15 is 0 Å². The van der Waals surface area contributed by atoms with Gasteiger partial charge >= 0.3 is 5.97 Å². The lowest BCUT2D eigenvalue weighted by Crippen LogP contribution is -1.97. The van der Waals surface area contributed by atoms with Crippen LogP contribution in [0.3, 0.4) is 0 Å². The van der Waals surface area contributed by atoms with E-state index in [9.17, 15) is 9.18 Å². The van der Waals surface area contributed by atoms with E-state index in [-0.39, 0.29) is 11.4 Å². The summed E-state index contributed by atoms with van der Waals surface area (Å²) in [4.78, 5) is 15.1. The first-order valence-corrected chi connectivity index (χ1v) is 6.70. The molecule has 0 aliphatic heterocycles. The fourth-order valence-electron chi connectivity index (χ4n) is 2.35. The number of hydrogen-bond donors (Lipinski definition) is 2. The molecule has 0 atom stereocenters. The first-order valence-electron chi connectivity index (χ1n) is 6.70. The van der Waals surface area contributed by atoms with Crippen molar-refractivity contribution in [3.05, 3.63) is 65.6 Å². The lowest BCUT2D eigenvalue weighted by atomic mass is 10.1. The zero-order chi connectivity index (χ0) is 15.7. The number of anilines is 2. The van der Waals surface area contributed by atoms with Crippen molar-refractivity contribution in [2.75, 3.05) is 5.32 Å². The molecule has 0 spiro atoms. The SMILES string of the molecule is Cc1cc(F)cc2c(Nc3ccc(C(=O)O)cc3)ccnc12. The van der Waals surface area contributed by atoms with Crippen molar-refractivity contribution in [3.8, 4) is 0 Å². The van der Waals surface area contributed by atoms with Gasteiger partial charge in [0.2, 0.25) is 0 Å². The average molecular weight is 296 g/mol. The number of rotatable bonds is 3. The van der Waals surface area contributed by atoms with Crippen LogP contribution in [0.2, 0.25) is 0 Å². The lowest BCUT2D eigenvalue weighted by molar-refractivity contribution is 0.0697. The van der Waals surface area contributed by atoms with Crippen LogP contribution in [0.4, 0.5) is 15.8 Å². The number of carboxylic acids is 1. The Morgan fingerprint density at radius 1 is 1.18 bits per heavy atom. The van der Waals surface area contributed by atoms with Crippen molar-refractivity contribution in [1.29, 1.82) is 0 Å². The summed E-state index contributed by atoms with van der Waals surface area (Å²) in [7, 11) is 0. The van der Waals surface area contributed by atoms with Crippen LogP contribution >= 0.6 is 0 Å². The van der Waals surface area contributed by atoms with Gasteiger partial charge in [0.25, 0.3) is 0 Å². The molecule has 110 valence electrons. The Morgan fingerprint density at radius 2 is 1.91 bits per heavy atom. The number of carboxylic acid groups (broad SMARTS) is 1. The van der Waals surface area contributed by atoms with E-state index in [4.69, 9.17) is 5.11 Å². The monoisotopic (exact) mass is 296 g/mol. The van der Waals surface area contributed by atoms with E-state index in [0.29, 0.717) is 5.39 Å². The number of aromatic nitrogens is 1. The molecule has 4 nitrogen and oxygen atoms in total. The van der Waals surface area contributed by atoms with Gasteiger partial charge in [0, 0.05) is 23.0 Å². The Balaban J connectivity index is 2.02. The number of nitrogens with zero attached hydrogens (tertiary/aromatic N) is 1. The van der Waals surface area contributed by atoms with Crippen molar-refractivity contribution < 1.29 is 14.3 Å². The van der Waals surface area contributed by atoms with Gasteiger partial charge in [0.1, 0.15) is 5.82 Å². The Kier molecular flexibility index (Phi) is 3.47. The second-order valence-electron chi connectivity index (χ2n) is 4.98. The molecule has 0 bridgehead atoms. The van der Waals surface area contributed by atoms with Crippen LogP contribution in [-0.2, 0) is 0 Å². The van der Waals surface area contributed by atoms with Gasteiger partial charge < -0.3 is 10.4 Å². The summed E-state index contributed by atoms with van der Waals surface area (Å²) < 4.78 is 13.6. The second kappa shape index (κ2) is 5.44. The summed E-state index contributed by atoms with van der Waals surface area (Å²) in [5.41, 5.74) is 3.15. The zero-order valence-electron chi connectivity index (χ0n) is 11.8. The van der Waals surface area contributed by atoms with Gasteiger partial charge in [-0.15, -0.1) is 0 Å². The van der Waals surface area contributed by atoms with Crippen LogP contribution in [0.1, 0.15) is 15.9 Å². The van der Waals surface area contributed by atoms with Crippen LogP contribution in [0.15, 0.2) is 48.7 Å². The number of hydrogen-bond acceptors (Lipinski definition) is 3. The molecule has 0 saturated heterocycles. The molecule has 0 fully saturated rings. The van der Waals surface area contributed by atoms with Crippen molar-refractivity contribution in [2.24, 2.45) is 0 Å². The number of aryl methyl sites for hydroxylation is 1. The number of carbonyl (C=O) groups is 1. The minimum atomic E-state index is -0.974. The molecule has 2 aromatic carbocycles. The Bertz CT molecular complexity index is 860. The maximum Gasteiger partial charge on any atom is 0.335 e. The van der Waals surface area contributed by atoms with E-state index in [0.717, 1.165) is 22.5 Å². The van der Waals surface area contributed by atoms with Crippen molar-refractivity contribution in [1.82, 2.24) is 4.98 Å². The minimum Gasteiger partial charge on any atom is -0.478 e. The third-order valence-electron chi connectivity index (χ3n) is 3.41. The van der Waals surface area contributed by atoms with Gasteiger partial charge in [0.15, 0.2) is 0 Å². The Morgan fingerprint density at radius 3 is 2.59 bits per heavy atom. The molecule has 0 aliphatic rings. The Labute approximate surface area is 126 Å². The smallest absolute Gasteiger partial charge is 0.335 e. The third kappa shape index (κ3) is 2.61. The second-order valence-corrected chi connectivity index (χ2v) is 4.98. The maximum absolute atomic E-state index is 13.6. The highest BCUT2D eigenvalue weighted by Crippen LogP contribution is 2.28. The molecule has 0 unspecified atom stereocenters. The molecule has 0 radical (unpaired) electrons. The molecule has 1 heterocycles. The molecule has 3 rings (SSSR count). The summed E-state index contributed by atoms with van der Waals surface area (Å²) >= 11 is 0. The van der Waals surface area contributed by atoms with E-state index < -0.39 is 5.97 Å². The summed E-state index contributed by atoms with van der Waals surface area (Å²) in [5, 5.41) is 12.7. The van der Waals surface area contributed by atoms with E-state index in [1.807, 2.05) is 6.92 Å². The topological polar surface area (TPSA) is 62.2 Å². The standard InChI is InChI=1S/C17H13FN2O2/c1-10-8-12(18)9-14-15(6-7-19-16(10)14)20-13-4-2-11(3-5-13)17(21)22/h2-9H,1H3,(H,19,20)(H,21,22). The van der Waals surface area contributed by atoms with Gasteiger partial charge in [-0.3, -0.25) is 4.98 Å². The van der Waals surface area contributed by atoms with Crippen LogP contribution in [-0.4, -0.2) is 16.1 Å². The molecule has 3 aromatic rings. The molecule has 2 N–H and O–H groups in total. The highest BCUT2D eigenvalue weighted by Gasteiger charge is 2.08. The molecule has 5 heteroatoms. The number of aromatic carboxylic acids is 1. The number of pyridine rings is 1.